The summed E-state index contributed by atoms with van der Waals surface area (Å²) in [5, 5.41) is 12.9. The van der Waals surface area contributed by atoms with Gasteiger partial charge in [-0.3, -0.25) is 14.6 Å². The Labute approximate surface area is 305 Å². The fraction of sp³-hybridized carbons (Fsp3) is 0.450. The molecule has 278 valence electrons. The van der Waals surface area contributed by atoms with Gasteiger partial charge in [0.15, 0.2) is 0 Å². The minimum absolute atomic E-state index is 0.0810. The van der Waals surface area contributed by atoms with Gasteiger partial charge >= 0.3 is 24.1 Å². The van der Waals surface area contributed by atoms with Crippen molar-refractivity contribution in [2.75, 3.05) is 59.5 Å². The van der Waals surface area contributed by atoms with Crippen molar-refractivity contribution in [3.05, 3.63) is 89.5 Å². The van der Waals surface area contributed by atoms with E-state index in [1.54, 1.807) is 29.2 Å². The number of aliphatic carboxylic acids is 1. The summed E-state index contributed by atoms with van der Waals surface area (Å²) in [6, 6.07) is 21.7. The number of carboxylic acid groups (broad SMARTS) is 1. The SMILES string of the molecule is CCC(C)(CC)OC(=O)CN1CCN(C(=O)NCCOc2ccc(C[C@@H](C(=O)O)N(C)C(=O)OCC3c4ccccc4-c4ccccc43)cc2)CC1. The summed E-state index contributed by atoms with van der Waals surface area (Å²) in [4.78, 5) is 55.3. The number of piperazine rings is 1. The van der Waals surface area contributed by atoms with E-state index in [4.69, 9.17) is 14.2 Å². The van der Waals surface area contributed by atoms with Gasteiger partial charge in [0.25, 0.3) is 0 Å². The van der Waals surface area contributed by atoms with Crippen LogP contribution in [0.25, 0.3) is 11.1 Å². The molecular formula is C40H50N4O8. The number of urea groups is 1. The summed E-state index contributed by atoms with van der Waals surface area (Å²) in [5.74, 6) is -0.937. The standard InChI is InChI=1S/C40H50N4O8/c1-5-40(3,6-2)52-36(45)26-43-20-22-44(23-21-43)38(48)41-19-24-50-29-17-15-28(16-18-29)25-35(37(46)47)42(4)39(49)51-27-34-32-13-9-7-11-30(32)31-12-8-10-14-33(31)34/h7-18,34-35H,5-6,19-27H2,1-4H3,(H,41,48)(H,46,47)/t35-/m0/s1. The fourth-order valence-corrected chi connectivity index (χ4v) is 6.59. The molecule has 1 aliphatic carbocycles. The number of carbonyl (C=O) groups is 4. The van der Waals surface area contributed by atoms with Crippen LogP contribution >= 0.6 is 0 Å². The molecule has 3 aromatic rings. The number of fused-ring (bicyclic) bond motifs is 3. The van der Waals surface area contributed by atoms with Gasteiger partial charge < -0.3 is 29.5 Å². The van der Waals surface area contributed by atoms with Gasteiger partial charge in [0, 0.05) is 45.6 Å². The van der Waals surface area contributed by atoms with Crippen molar-refractivity contribution in [2.24, 2.45) is 0 Å². The summed E-state index contributed by atoms with van der Waals surface area (Å²) in [5.41, 5.74) is 4.65. The van der Waals surface area contributed by atoms with Crippen molar-refractivity contribution >= 4 is 24.1 Å². The number of benzene rings is 3. The quantitative estimate of drug-likeness (QED) is 0.157. The van der Waals surface area contributed by atoms with Gasteiger partial charge in [-0.05, 0) is 59.7 Å². The first-order valence-corrected chi connectivity index (χ1v) is 18.0. The largest absolute Gasteiger partial charge is 0.492 e. The van der Waals surface area contributed by atoms with Crippen molar-refractivity contribution < 1.29 is 38.5 Å². The summed E-state index contributed by atoms with van der Waals surface area (Å²) < 4.78 is 17.2. The molecule has 2 N–H and O–H groups in total. The summed E-state index contributed by atoms with van der Waals surface area (Å²) >= 11 is 0. The Morgan fingerprint density at radius 3 is 2.08 bits per heavy atom. The molecule has 1 aliphatic heterocycles. The molecule has 0 radical (unpaired) electrons. The lowest BCUT2D eigenvalue weighted by Crippen LogP contribution is -2.53. The molecule has 1 saturated heterocycles. The first-order valence-electron chi connectivity index (χ1n) is 18.0. The number of amides is 3. The van der Waals surface area contributed by atoms with Crippen molar-refractivity contribution in [3.63, 3.8) is 0 Å². The van der Waals surface area contributed by atoms with Crippen molar-refractivity contribution in [3.8, 4) is 16.9 Å². The normalized spacial score (nSPS) is 14.9. The lowest BCUT2D eigenvalue weighted by atomic mass is 9.98. The number of carbonyl (C=O) groups excluding carboxylic acids is 3. The number of ether oxygens (including phenoxy) is 3. The number of hydrogen-bond donors (Lipinski definition) is 2. The average molecular weight is 715 g/mol. The second-order valence-corrected chi connectivity index (χ2v) is 13.6. The van der Waals surface area contributed by atoms with Crippen LogP contribution in [0.15, 0.2) is 72.8 Å². The molecule has 1 atom stereocenters. The lowest BCUT2D eigenvalue weighted by molar-refractivity contribution is -0.160. The Morgan fingerprint density at radius 1 is 0.904 bits per heavy atom. The van der Waals surface area contributed by atoms with Crippen LogP contribution in [0.4, 0.5) is 9.59 Å². The number of hydrogen-bond acceptors (Lipinski definition) is 8. The second-order valence-electron chi connectivity index (χ2n) is 13.6. The number of carboxylic acids is 1. The third kappa shape index (κ3) is 9.41. The van der Waals surface area contributed by atoms with Crippen LogP contribution in [-0.2, 0) is 25.5 Å². The maximum Gasteiger partial charge on any atom is 0.410 e. The zero-order valence-corrected chi connectivity index (χ0v) is 30.5. The molecule has 0 bridgehead atoms. The van der Waals surface area contributed by atoms with Crippen LogP contribution in [0.3, 0.4) is 0 Å². The highest BCUT2D eigenvalue weighted by atomic mass is 16.6. The van der Waals surface area contributed by atoms with Crippen molar-refractivity contribution in [2.45, 2.75) is 57.6 Å². The molecule has 2 aliphatic rings. The van der Waals surface area contributed by atoms with E-state index in [0.29, 0.717) is 44.0 Å². The van der Waals surface area contributed by atoms with E-state index >= 15 is 0 Å². The van der Waals surface area contributed by atoms with E-state index in [9.17, 15) is 24.3 Å². The zero-order chi connectivity index (χ0) is 37.3. The molecule has 3 amide bonds. The molecule has 1 fully saturated rings. The fourth-order valence-electron chi connectivity index (χ4n) is 6.59. The van der Waals surface area contributed by atoms with Crippen molar-refractivity contribution in [1.29, 1.82) is 0 Å². The van der Waals surface area contributed by atoms with Crippen LogP contribution in [0.1, 0.15) is 56.2 Å². The number of nitrogens with zero attached hydrogens (tertiary/aromatic N) is 3. The minimum Gasteiger partial charge on any atom is -0.492 e. The van der Waals surface area contributed by atoms with E-state index in [1.165, 1.54) is 7.05 Å². The average Bonchev–Trinajstić information content (AvgIpc) is 3.48. The Hall–Kier alpha value is -5.10. The maximum absolute atomic E-state index is 13.1. The Balaban J connectivity index is 1.02. The topological polar surface area (TPSA) is 138 Å². The number of esters is 1. The zero-order valence-electron chi connectivity index (χ0n) is 30.5. The second kappa shape index (κ2) is 17.4. The van der Waals surface area contributed by atoms with E-state index in [0.717, 1.165) is 40.0 Å². The molecule has 3 aromatic carbocycles. The number of likely N-dealkylation sites (N-methyl/N-ethyl adjacent to an activating group) is 1. The van der Waals surface area contributed by atoms with Gasteiger partial charge in [0.1, 0.15) is 30.6 Å². The smallest absolute Gasteiger partial charge is 0.410 e. The van der Waals surface area contributed by atoms with Gasteiger partial charge in [-0.1, -0.05) is 74.5 Å². The maximum atomic E-state index is 13.1. The molecule has 5 rings (SSSR count). The first kappa shape index (κ1) is 38.1. The molecular weight excluding hydrogens is 664 g/mol. The van der Waals surface area contributed by atoms with Crippen LogP contribution in [0, 0.1) is 0 Å². The first-order chi connectivity index (χ1) is 25.0. The van der Waals surface area contributed by atoms with Crippen molar-refractivity contribution in [1.82, 2.24) is 20.0 Å². The Bertz CT molecular complexity index is 1660. The highest BCUT2D eigenvalue weighted by molar-refractivity contribution is 5.81. The van der Waals surface area contributed by atoms with E-state index in [2.05, 4.69) is 17.4 Å². The third-order valence-corrected chi connectivity index (χ3v) is 10.2. The molecule has 52 heavy (non-hydrogen) atoms. The molecule has 12 heteroatoms. The van der Waals surface area contributed by atoms with Crippen LogP contribution in [0.5, 0.6) is 5.75 Å². The van der Waals surface area contributed by atoms with E-state index < -0.39 is 23.7 Å². The number of rotatable bonds is 15. The third-order valence-electron chi connectivity index (χ3n) is 10.2. The summed E-state index contributed by atoms with van der Waals surface area (Å²) in [7, 11) is 1.44. The predicted molar refractivity (Wildman–Crippen MR) is 196 cm³/mol. The Morgan fingerprint density at radius 2 is 1.50 bits per heavy atom. The molecule has 1 heterocycles. The minimum atomic E-state index is -1.14. The van der Waals surface area contributed by atoms with E-state index in [1.807, 2.05) is 62.1 Å². The molecule has 0 spiro atoms. The monoisotopic (exact) mass is 714 g/mol. The van der Waals surface area contributed by atoms with Crippen LogP contribution < -0.4 is 10.1 Å². The summed E-state index contributed by atoms with van der Waals surface area (Å²) in [6.45, 7) is 9.00. The lowest BCUT2D eigenvalue weighted by Gasteiger charge is -2.35. The Kier molecular flexibility index (Phi) is 12.8. The molecule has 0 aromatic heterocycles. The van der Waals surface area contributed by atoms with Crippen LogP contribution in [-0.4, -0.2) is 115 Å². The highest BCUT2D eigenvalue weighted by Crippen LogP contribution is 2.44. The predicted octanol–water partition coefficient (Wildman–Crippen LogP) is 5.39. The summed E-state index contributed by atoms with van der Waals surface area (Å²) in [6.07, 6.45) is 0.899. The highest BCUT2D eigenvalue weighted by Gasteiger charge is 2.32. The van der Waals surface area contributed by atoms with Gasteiger partial charge in [0.05, 0.1) is 13.1 Å². The number of nitrogens with one attached hydrogen (secondary N) is 1. The molecule has 0 saturated carbocycles. The van der Waals surface area contributed by atoms with Gasteiger partial charge in [-0.25, -0.2) is 14.4 Å². The molecule has 0 unspecified atom stereocenters. The molecule has 12 nitrogen and oxygen atoms in total. The van der Waals surface area contributed by atoms with Gasteiger partial charge in [-0.15, -0.1) is 0 Å². The van der Waals surface area contributed by atoms with Crippen LogP contribution in [0.2, 0.25) is 0 Å². The van der Waals surface area contributed by atoms with Gasteiger partial charge in [-0.2, -0.15) is 0 Å². The van der Waals surface area contributed by atoms with Gasteiger partial charge in [0.2, 0.25) is 0 Å². The van der Waals surface area contributed by atoms with E-state index in [-0.39, 0.29) is 44.1 Å².